The van der Waals surface area contributed by atoms with Crippen LogP contribution in [0, 0.1) is 23.7 Å². The number of Topliss-reactive ketones (excluding diaryl/α,β-unsaturated/α-hetero) is 1. The predicted molar refractivity (Wildman–Crippen MR) is 238 cm³/mol. The van der Waals surface area contributed by atoms with Crippen LogP contribution in [0.15, 0.2) is 48.5 Å². The van der Waals surface area contributed by atoms with E-state index in [0.717, 1.165) is 57.7 Å². The maximum Gasteiger partial charge on any atom is 0.267 e. The van der Waals surface area contributed by atoms with Crippen molar-refractivity contribution in [3.63, 3.8) is 0 Å². The molecule has 0 spiro atoms. The number of ketones is 1. The Bertz CT molecular complexity index is 2130. The van der Waals surface area contributed by atoms with E-state index >= 15 is 17.6 Å². The van der Waals surface area contributed by atoms with Crippen LogP contribution in [0.25, 0.3) is 0 Å². The van der Waals surface area contributed by atoms with Crippen LogP contribution in [0.5, 0.6) is 0 Å². The molecule has 6 rings (SSSR count). The Labute approximate surface area is 383 Å². The van der Waals surface area contributed by atoms with Crippen LogP contribution in [-0.2, 0) is 41.6 Å². The minimum Gasteiger partial charge on any atom is -0.347 e. The Morgan fingerprint density at radius 1 is 0.682 bits per heavy atom. The molecule has 2 saturated heterocycles. The largest absolute Gasteiger partial charge is 0.347 e. The second kappa shape index (κ2) is 21.7. The molecule has 2 fully saturated rings. The minimum absolute atomic E-state index is 0.0217. The quantitative estimate of drug-likeness (QED) is 0.133. The van der Waals surface area contributed by atoms with E-state index in [9.17, 15) is 28.8 Å². The summed E-state index contributed by atoms with van der Waals surface area (Å²) in [5.74, 6) is -0.833. The summed E-state index contributed by atoms with van der Waals surface area (Å²) < 4.78 is 60.3. The summed E-state index contributed by atoms with van der Waals surface area (Å²) in [6.45, 7) is 0.997. The number of hydrogen-bond acceptors (Lipinski definition) is 8. The highest BCUT2D eigenvalue weighted by molar-refractivity contribution is 5.95. The maximum atomic E-state index is 15.1. The summed E-state index contributed by atoms with van der Waals surface area (Å²) in [6.07, 6.45) is 2.01. The van der Waals surface area contributed by atoms with Crippen LogP contribution >= 0.6 is 0 Å². The summed E-state index contributed by atoms with van der Waals surface area (Å²) in [5, 5.41) is 13.5. The molecule has 0 saturated carbocycles. The third-order valence-electron chi connectivity index (χ3n) is 13.1. The summed E-state index contributed by atoms with van der Waals surface area (Å²) in [7, 11) is 3.04. The van der Waals surface area contributed by atoms with Crippen LogP contribution in [0.3, 0.4) is 0 Å². The van der Waals surface area contributed by atoms with Crippen LogP contribution < -0.4 is 26.6 Å². The standard InChI is InChI=1S/C49H59F4N7O6/c1-30(54-3)43(62)57-38(46(65)59-28-48(50,51)26-40(59)42(61)25-34-19-13-17-32-15-9-11-20-35(32)34)22-7-5-6-8-23-39(58-44(63)31(2)55-4)47(66)60-29-49(52,53)27-41(60)45(64)56-37-24-14-18-33-16-10-12-21-36(33)37/h9-12,15-16,20-21,30-31,34,37-41,54-55H,13-14,17-19,22-29H2,1-4H3,(H,56,64)(H,57,62)(H,58,63)/t30-,31-,34-,37+,38-,39-,40-,41-/m0/s1. The number of rotatable bonds is 15. The van der Waals surface area contributed by atoms with Gasteiger partial charge in [-0.05, 0) is 106 Å². The zero-order valence-corrected chi connectivity index (χ0v) is 37.8. The van der Waals surface area contributed by atoms with Gasteiger partial charge < -0.3 is 36.4 Å². The van der Waals surface area contributed by atoms with Gasteiger partial charge in [-0.1, -0.05) is 60.4 Å². The molecular weight excluding hydrogens is 859 g/mol. The Morgan fingerprint density at radius 2 is 1.15 bits per heavy atom. The van der Waals surface area contributed by atoms with Crippen LogP contribution in [0.4, 0.5) is 17.6 Å². The summed E-state index contributed by atoms with van der Waals surface area (Å²) in [5.41, 5.74) is 4.04. The van der Waals surface area contributed by atoms with Gasteiger partial charge in [0, 0.05) is 32.1 Å². The number of likely N-dealkylation sites (N-methyl/N-ethyl adjacent to an activating group) is 2. The van der Waals surface area contributed by atoms with Gasteiger partial charge in [-0.15, -0.1) is 0 Å². The molecule has 0 radical (unpaired) electrons. The fraction of sp³-hybridized carbons (Fsp3) is 0.551. The fourth-order valence-electron chi connectivity index (χ4n) is 9.29. The average molecular weight is 918 g/mol. The number of nitrogens with zero attached hydrogens (tertiary/aromatic N) is 2. The number of carbonyl (C=O) groups excluding carboxylic acids is 6. The third-order valence-corrected chi connectivity index (χ3v) is 13.1. The highest BCUT2D eigenvalue weighted by Crippen LogP contribution is 2.39. The van der Waals surface area contributed by atoms with Crippen LogP contribution in [0.2, 0.25) is 0 Å². The topological polar surface area (TPSA) is 169 Å². The Hall–Kier alpha value is -5.78. The van der Waals surface area contributed by atoms with Gasteiger partial charge in [0.05, 0.1) is 37.3 Å². The lowest BCUT2D eigenvalue weighted by atomic mass is 9.79. The monoisotopic (exact) mass is 917 g/mol. The first kappa shape index (κ1) is 49.6. The number of benzene rings is 2. The van der Waals surface area contributed by atoms with Gasteiger partial charge in [0.15, 0.2) is 5.78 Å². The predicted octanol–water partition coefficient (Wildman–Crippen LogP) is 3.70. The minimum atomic E-state index is -3.39. The van der Waals surface area contributed by atoms with Gasteiger partial charge in [0.1, 0.15) is 18.1 Å². The fourth-order valence-corrected chi connectivity index (χ4v) is 9.29. The molecule has 0 bridgehead atoms. The molecule has 354 valence electrons. The maximum absolute atomic E-state index is 15.1. The number of alkyl halides is 4. The highest BCUT2D eigenvalue weighted by Gasteiger charge is 2.53. The van der Waals surface area contributed by atoms with E-state index < -0.39 is 128 Å². The van der Waals surface area contributed by atoms with Gasteiger partial charge in [0.25, 0.3) is 11.8 Å². The molecule has 2 heterocycles. The highest BCUT2D eigenvalue weighted by atomic mass is 19.3. The van der Waals surface area contributed by atoms with Crippen molar-refractivity contribution < 1.29 is 46.3 Å². The summed E-state index contributed by atoms with van der Waals surface area (Å²) in [6, 6.07) is 7.43. The Kier molecular flexibility index (Phi) is 16.3. The molecule has 2 aromatic rings. The van der Waals surface area contributed by atoms with E-state index in [2.05, 4.69) is 50.3 Å². The molecular formula is C49H59F4N7O6. The number of fused-ring (bicyclic) bond motifs is 2. The molecule has 0 aromatic heterocycles. The molecule has 17 heteroatoms. The molecule has 2 aliphatic heterocycles. The van der Waals surface area contributed by atoms with E-state index in [1.54, 1.807) is 0 Å². The lowest BCUT2D eigenvalue weighted by Gasteiger charge is -2.31. The first-order valence-electron chi connectivity index (χ1n) is 22.7. The number of nitrogens with one attached hydrogen (secondary N) is 5. The number of carbonyl (C=O) groups is 6. The molecule has 8 atom stereocenters. The van der Waals surface area contributed by atoms with Crippen molar-refractivity contribution in [2.75, 3.05) is 27.2 Å². The molecule has 4 aliphatic rings. The van der Waals surface area contributed by atoms with Gasteiger partial charge >= 0.3 is 0 Å². The van der Waals surface area contributed by atoms with Crippen molar-refractivity contribution in [1.82, 2.24) is 36.4 Å². The number of hydrogen-bond donors (Lipinski definition) is 5. The SMILES string of the molecule is CN[C@@H](C)C(=O)N[C@@H](CC#CC#CC[C@H](NC(=O)[C@H](C)NC)C(=O)N1CC(F)(F)C[C@H]1C(=O)N[C@@H]1CCCc2ccccc21)C(=O)N1CC(F)(F)C[C@H]1C(=O)C[C@@H]1CCCc2ccccc21. The van der Waals surface area contributed by atoms with Crippen molar-refractivity contribution in [2.45, 2.75) is 145 Å². The average Bonchev–Trinajstić information content (AvgIpc) is 3.82. The second-order valence-electron chi connectivity index (χ2n) is 17.8. The Morgan fingerprint density at radius 3 is 1.70 bits per heavy atom. The number of amides is 5. The molecule has 66 heavy (non-hydrogen) atoms. The molecule has 2 aliphatic carbocycles. The van der Waals surface area contributed by atoms with Gasteiger partial charge in [-0.3, -0.25) is 28.8 Å². The smallest absolute Gasteiger partial charge is 0.267 e. The van der Waals surface area contributed by atoms with E-state index in [1.807, 2.05) is 48.5 Å². The van der Waals surface area contributed by atoms with Gasteiger partial charge in [-0.25, -0.2) is 17.6 Å². The molecule has 5 amide bonds. The Balaban J connectivity index is 1.17. The number of likely N-dealkylation sites (tertiary alicyclic amines) is 2. The zero-order valence-electron chi connectivity index (χ0n) is 37.8. The second-order valence-corrected chi connectivity index (χ2v) is 17.8. The lowest BCUT2D eigenvalue weighted by Crippen LogP contribution is -2.55. The normalized spacial score (nSPS) is 23.2. The molecule has 0 unspecified atom stereocenters. The van der Waals surface area contributed by atoms with E-state index in [-0.39, 0.29) is 12.3 Å². The molecule has 2 aromatic carbocycles. The van der Waals surface area contributed by atoms with Crippen LogP contribution in [0.1, 0.15) is 106 Å². The molecule has 13 nitrogen and oxygen atoms in total. The van der Waals surface area contributed by atoms with Crippen molar-refractivity contribution in [1.29, 1.82) is 0 Å². The first-order chi connectivity index (χ1) is 31.4. The van der Waals surface area contributed by atoms with Crippen LogP contribution in [-0.4, -0.2) is 120 Å². The lowest BCUT2D eigenvalue weighted by molar-refractivity contribution is -0.142. The van der Waals surface area contributed by atoms with E-state index in [1.165, 1.54) is 27.9 Å². The van der Waals surface area contributed by atoms with Gasteiger partial charge in [0.2, 0.25) is 29.5 Å². The van der Waals surface area contributed by atoms with Crippen molar-refractivity contribution >= 4 is 35.3 Å². The van der Waals surface area contributed by atoms with E-state index in [4.69, 9.17) is 0 Å². The van der Waals surface area contributed by atoms with Crippen molar-refractivity contribution in [2.24, 2.45) is 0 Å². The van der Waals surface area contributed by atoms with Gasteiger partial charge in [-0.2, -0.15) is 0 Å². The number of aryl methyl sites for hydroxylation is 2. The molecule has 5 N–H and O–H groups in total. The number of halogens is 4. The first-order valence-corrected chi connectivity index (χ1v) is 22.7. The third kappa shape index (κ3) is 12.2. The van der Waals surface area contributed by atoms with Crippen molar-refractivity contribution in [3.05, 3.63) is 70.8 Å². The summed E-state index contributed by atoms with van der Waals surface area (Å²) in [4.78, 5) is 83.3. The van der Waals surface area contributed by atoms with Crippen molar-refractivity contribution in [3.8, 4) is 23.7 Å². The zero-order chi connectivity index (χ0) is 47.8. The van der Waals surface area contributed by atoms with E-state index in [0.29, 0.717) is 12.8 Å². The summed E-state index contributed by atoms with van der Waals surface area (Å²) >= 11 is 0.